The van der Waals surface area contributed by atoms with Crippen molar-refractivity contribution in [2.75, 3.05) is 23.4 Å². The fraction of sp³-hybridized carbons (Fsp3) is 0.238. The molecule has 1 aliphatic rings. The second-order valence-electron chi connectivity index (χ2n) is 6.71. The lowest BCUT2D eigenvalue weighted by Crippen LogP contribution is -2.43. The zero-order valence-corrected chi connectivity index (χ0v) is 17.0. The number of fused-ring (bicyclic) bond motifs is 2. The van der Waals surface area contributed by atoms with Gasteiger partial charge in [-0.3, -0.25) is 14.5 Å². The van der Waals surface area contributed by atoms with Crippen LogP contribution in [0.15, 0.2) is 53.1 Å². The molecule has 144 valence electrons. The fourth-order valence-electron chi connectivity index (χ4n) is 3.41. The van der Waals surface area contributed by atoms with Crippen LogP contribution in [0, 0.1) is 0 Å². The maximum Gasteiger partial charge on any atom is 0.265 e. The first kappa shape index (κ1) is 18.6. The number of carbonyl (C=O) groups excluding carboxylic acids is 2. The monoisotopic (exact) mass is 441 g/mol. The Balaban J connectivity index is 1.50. The van der Waals surface area contributed by atoms with E-state index in [1.54, 1.807) is 12.1 Å². The highest BCUT2D eigenvalue weighted by Crippen LogP contribution is 2.34. The van der Waals surface area contributed by atoms with Crippen LogP contribution in [0.2, 0.25) is 0 Å². The van der Waals surface area contributed by atoms with Crippen LogP contribution >= 0.6 is 15.9 Å². The topological polar surface area (TPSA) is 63.6 Å². The molecular weight excluding hydrogens is 422 g/mol. The first-order chi connectivity index (χ1) is 13.5. The van der Waals surface area contributed by atoms with E-state index in [0.29, 0.717) is 17.1 Å². The lowest BCUT2D eigenvalue weighted by Gasteiger charge is -2.29. The van der Waals surface area contributed by atoms with Gasteiger partial charge in [-0.1, -0.05) is 22.9 Å². The number of hydrogen-bond acceptors (Lipinski definition) is 3. The van der Waals surface area contributed by atoms with Gasteiger partial charge in [-0.05, 0) is 48.9 Å². The summed E-state index contributed by atoms with van der Waals surface area (Å²) in [7, 11) is 0. The van der Waals surface area contributed by atoms with Gasteiger partial charge in [0, 0.05) is 33.8 Å². The number of nitrogens with one attached hydrogen (secondary N) is 1. The number of ether oxygens (including phenoxy) is 1. The molecule has 2 heterocycles. The average Bonchev–Trinajstić information content (AvgIpc) is 3.06. The Hall–Kier alpha value is -2.80. The second-order valence-corrected chi connectivity index (χ2v) is 7.63. The van der Waals surface area contributed by atoms with Crippen molar-refractivity contribution in [2.24, 2.45) is 0 Å². The van der Waals surface area contributed by atoms with Gasteiger partial charge >= 0.3 is 0 Å². The number of aryl methyl sites for hydroxylation is 1. The van der Waals surface area contributed by atoms with Crippen LogP contribution in [-0.2, 0) is 16.1 Å². The van der Waals surface area contributed by atoms with Crippen LogP contribution in [0.3, 0.4) is 0 Å². The Kier molecular flexibility index (Phi) is 5.09. The molecule has 0 fully saturated rings. The molecule has 2 amide bonds. The van der Waals surface area contributed by atoms with Crippen molar-refractivity contribution in [3.8, 4) is 5.75 Å². The molecule has 2 aromatic carbocycles. The molecule has 0 saturated heterocycles. The number of amides is 2. The number of rotatable bonds is 5. The van der Waals surface area contributed by atoms with Crippen LogP contribution in [0.25, 0.3) is 10.9 Å². The molecule has 0 bridgehead atoms. The van der Waals surface area contributed by atoms with E-state index in [-0.39, 0.29) is 25.0 Å². The molecule has 1 aliphatic heterocycles. The number of anilines is 2. The van der Waals surface area contributed by atoms with Gasteiger partial charge in [0.2, 0.25) is 5.91 Å². The summed E-state index contributed by atoms with van der Waals surface area (Å²) < 4.78 is 8.51. The minimum Gasteiger partial charge on any atom is -0.482 e. The molecule has 0 radical (unpaired) electrons. The molecule has 0 aliphatic carbocycles. The number of hydrogen-bond donors (Lipinski definition) is 1. The van der Waals surface area contributed by atoms with Gasteiger partial charge in [0.25, 0.3) is 5.91 Å². The SMILES string of the molecule is CCCn1ccc2cc(NC(=O)CN3C(=O)COc4cc(Br)ccc43)ccc21. The van der Waals surface area contributed by atoms with Crippen LogP contribution in [-0.4, -0.2) is 29.5 Å². The van der Waals surface area contributed by atoms with Crippen molar-refractivity contribution in [3.63, 3.8) is 0 Å². The van der Waals surface area contributed by atoms with Crippen LogP contribution < -0.4 is 15.0 Å². The summed E-state index contributed by atoms with van der Waals surface area (Å²) in [5.41, 5.74) is 2.45. The zero-order valence-electron chi connectivity index (χ0n) is 15.4. The summed E-state index contributed by atoms with van der Waals surface area (Å²) in [6.07, 6.45) is 3.12. The first-order valence-electron chi connectivity index (χ1n) is 9.16. The minimum atomic E-state index is -0.253. The van der Waals surface area contributed by atoms with Crippen molar-refractivity contribution in [3.05, 3.63) is 53.1 Å². The van der Waals surface area contributed by atoms with Crippen molar-refractivity contribution in [1.82, 2.24) is 4.57 Å². The molecule has 7 heteroatoms. The Morgan fingerprint density at radius 1 is 1.21 bits per heavy atom. The quantitative estimate of drug-likeness (QED) is 0.645. The summed E-state index contributed by atoms with van der Waals surface area (Å²) in [5, 5.41) is 3.97. The molecule has 6 nitrogen and oxygen atoms in total. The van der Waals surface area contributed by atoms with E-state index >= 15 is 0 Å². The van der Waals surface area contributed by atoms with Crippen LogP contribution in [0.1, 0.15) is 13.3 Å². The van der Waals surface area contributed by atoms with E-state index in [1.807, 2.05) is 30.3 Å². The minimum absolute atomic E-state index is 0.0638. The molecule has 3 aromatic rings. The number of benzene rings is 2. The zero-order chi connectivity index (χ0) is 19.7. The molecule has 0 atom stereocenters. The summed E-state index contributed by atoms with van der Waals surface area (Å²) >= 11 is 3.39. The molecule has 0 spiro atoms. The van der Waals surface area contributed by atoms with E-state index < -0.39 is 0 Å². The van der Waals surface area contributed by atoms with Gasteiger partial charge in [-0.2, -0.15) is 0 Å². The normalized spacial score (nSPS) is 13.4. The molecule has 0 saturated carbocycles. The summed E-state index contributed by atoms with van der Waals surface area (Å²) in [4.78, 5) is 26.3. The lowest BCUT2D eigenvalue weighted by atomic mass is 10.2. The number of nitrogens with zero attached hydrogens (tertiary/aromatic N) is 2. The summed E-state index contributed by atoms with van der Waals surface area (Å²) in [5.74, 6) is 0.0917. The van der Waals surface area contributed by atoms with E-state index in [9.17, 15) is 9.59 Å². The van der Waals surface area contributed by atoms with Crippen LogP contribution in [0.4, 0.5) is 11.4 Å². The fourth-order valence-corrected chi connectivity index (χ4v) is 3.75. The molecular formula is C21H20BrN3O3. The third kappa shape index (κ3) is 3.62. The lowest BCUT2D eigenvalue weighted by molar-refractivity contribution is -0.123. The largest absolute Gasteiger partial charge is 0.482 e. The maximum absolute atomic E-state index is 12.6. The third-order valence-electron chi connectivity index (χ3n) is 4.69. The van der Waals surface area contributed by atoms with Gasteiger partial charge in [0.05, 0.1) is 5.69 Å². The molecule has 4 rings (SSSR count). The molecule has 1 N–H and O–H groups in total. The van der Waals surface area contributed by atoms with E-state index in [0.717, 1.165) is 28.3 Å². The van der Waals surface area contributed by atoms with Gasteiger partial charge in [-0.25, -0.2) is 0 Å². The second kappa shape index (κ2) is 7.67. The number of carbonyl (C=O) groups is 2. The molecule has 0 unspecified atom stereocenters. The highest BCUT2D eigenvalue weighted by atomic mass is 79.9. The Labute approximate surface area is 171 Å². The average molecular weight is 442 g/mol. The summed E-state index contributed by atoms with van der Waals surface area (Å²) in [6, 6.07) is 13.3. The van der Waals surface area contributed by atoms with Crippen molar-refractivity contribution in [2.45, 2.75) is 19.9 Å². The maximum atomic E-state index is 12.6. The van der Waals surface area contributed by atoms with Gasteiger partial charge < -0.3 is 14.6 Å². The Bertz CT molecular complexity index is 1060. The third-order valence-corrected chi connectivity index (χ3v) is 5.18. The van der Waals surface area contributed by atoms with Crippen molar-refractivity contribution in [1.29, 1.82) is 0 Å². The first-order valence-corrected chi connectivity index (χ1v) is 9.96. The standard InChI is InChI=1S/C21H20BrN3O3/c1-2-8-24-9-7-14-10-16(4-6-17(14)24)23-20(26)12-25-18-5-3-15(22)11-19(18)28-13-21(25)27/h3-7,9-11H,2,8,12-13H2,1H3,(H,23,26). The van der Waals surface area contributed by atoms with Crippen LogP contribution in [0.5, 0.6) is 5.75 Å². The summed E-state index contributed by atoms with van der Waals surface area (Å²) in [6.45, 7) is 2.97. The van der Waals surface area contributed by atoms with E-state index in [1.165, 1.54) is 4.90 Å². The Morgan fingerprint density at radius 2 is 2.07 bits per heavy atom. The van der Waals surface area contributed by atoms with Crippen molar-refractivity contribution >= 4 is 50.0 Å². The van der Waals surface area contributed by atoms with E-state index in [4.69, 9.17) is 4.74 Å². The number of halogens is 1. The molecule has 1 aromatic heterocycles. The highest BCUT2D eigenvalue weighted by Gasteiger charge is 2.27. The van der Waals surface area contributed by atoms with Gasteiger partial charge in [0.15, 0.2) is 6.61 Å². The smallest absolute Gasteiger partial charge is 0.265 e. The Morgan fingerprint density at radius 3 is 2.89 bits per heavy atom. The van der Waals surface area contributed by atoms with Gasteiger partial charge in [-0.15, -0.1) is 0 Å². The van der Waals surface area contributed by atoms with Crippen molar-refractivity contribution < 1.29 is 14.3 Å². The predicted molar refractivity (Wildman–Crippen MR) is 113 cm³/mol. The van der Waals surface area contributed by atoms with Gasteiger partial charge in [0.1, 0.15) is 12.3 Å². The number of aromatic nitrogens is 1. The molecule has 28 heavy (non-hydrogen) atoms. The predicted octanol–water partition coefficient (Wildman–Crippen LogP) is 4.18. The highest BCUT2D eigenvalue weighted by molar-refractivity contribution is 9.10. The van der Waals surface area contributed by atoms with E-state index in [2.05, 4.69) is 38.9 Å².